The number of hydrogen-bond donors (Lipinski definition) is 0. The number of aryl methyl sites for hydroxylation is 2. The third-order valence-electron chi connectivity index (χ3n) is 11.0. The highest BCUT2D eigenvalue weighted by atomic mass is 16.5. The standard InChI is InChI=1S/C47H56N4O/c1-9-14-34-21-22-48-45(25-34)50-42-18-13-12-17-39(42)40-20-19-37(29-44(40)50)52-38-27-35(30(4)5)26-36(28-38)51-43(16-11-3)47(41(49-51)15-10-2)46-32(7)23-31(6)24-33(46)8/h12-13,17-23,25-31,33,46H,9-11,14-16,24H2,1-8H3/t31-,33-,46?/m0/s1. The molecule has 5 nitrogen and oxygen atoms in total. The van der Waals surface area contributed by atoms with E-state index < -0.39 is 0 Å². The maximum absolute atomic E-state index is 6.85. The molecule has 0 spiro atoms. The molecular weight excluding hydrogens is 637 g/mol. The zero-order chi connectivity index (χ0) is 36.5. The topological polar surface area (TPSA) is 44.9 Å². The Kier molecular flexibility index (Phi) is 10.4. The van der Waals surface area contributed by atoms with E-state index in [0.717, 1.165) is 72.6 Å². The lowest BCUT2D eigenvalue weighted by Crippen LogP contribution is -2.21. The lowest BCUT2D eigenvalue weighted by molar-refractivity contribution is 0.389. The maximum Gasteiger partial charge on any atom is 0.137 e. The van der Waals surface area contributed by atoms with Crippen LogP contribution in [0.25, 0.3) is 33.3 Å². The zero-order valence-corrected chi connectivity index (χ0v) is 32.5. The summed E-state index contributed by atoms with van der Waals surface area (Å²) in [5.41, 5.74) is 11.5. The van der Waals surface area contributed by atoms with E-state index in [1.807, 2.05) is 6.20 Å². The van der Waals surface area contributed by atoms with Crippen LogP contribution in [0.1, 0.15) is 121 Å². The minimum absolute atomic E-state index is 0.332. The normalized spacial score (nSPS) is 17.7. The smallest absolute Gasteiger partial charge is 0.137 e. The fourth-order valence-corrected chi connectivity index (χ4v) is 8.84. The van der Waals surface area contributed by atoms with E-state index in [4.69, 9.17) is 14.8 Å². The molecule has 3 atom stereocenters. The Morgan fingerprint density at radius 1 is 0.808 bits per heavy atom. The first kappa shape index (κ1) is 35.7. The summed E-state index contributed by atoms with van der Waals surface area (Å²) in [6.07, 6.45) is 11.9. The number of hydrogen-bond acceptors (Lipinski definition) is 3. The van der Waals surface area contributed by atoms with Crippen molar-refractivity contribution < 1.29 is 4.74 Å². The first-order valence-electron chi connectivity index (χ1n) is 19.8. The molecule has 6 aromatic rings. The van der Waals surface area contributed by atoms with Gasteiger partial charge in [-0.05, 0) is 104 Å². The highest BCUT2D eigenvalue weighted by Gasteiger charge is 2.33. The van der Waals surface area contributed by atoms with Gasteiger partial charge in [-0.1, -0.05) is 97.6 Å². The van der Waals surface area contributed by atoms with Crippen molar-refractivity contribution in [2.24, 2.45) is 11.8 Å². The fourth-order valence-electron chi connectivity index (χ4n) is 8.84. The number of para-hydroxylation sites is 1. The average molecular weight is 693 g/mol. The molecule has 3 aromatic heterocycles. The van der Waals surface area contributed by atoms with Crippen molar-refractivity contribution in [1.82, 2.24) is 19.3 Å². The Hall–Kier alpha value is -4.64. The van der Waals surface area contributed by atoms with Crippen LogP contribution < -0.4 is 4.74 Å². The molecule has 0 saturated carbocycles. The van der Waals surface area contributed by atoms with Crippen LogP contribution in [0.15, 0.2) is 90.6 Å². The first-order valence-corrected chi connectivity index (χ1v) is 19.8. The van der Waals surface area contributed by atoms with Gasteiger partial charge in [0.25, 0.3) is 0 Å². The van der Waals surface area contributed by atoms with E-state index >= 15 is 0 Å². The van der Waals surface area contributed by atoms with Gasteiger partial charge in [0.1, 0.15) is 17.3 Å². The number of ether oxygens (including phenoxy) is 1. The molecule has 52 heavy (non-hydrogen) atoms. The lowest BCUT2D eigenvalue weighted by atomic mass is 9.72. The molecule has 3 heterocycles. The largest absolute Gasteiger partial charge is 0.457 e. The van der Waals surface area contributed by atoms with E-state index in [-0.39, 0.29) is 0 Å². The molecule has 0 aliphatic heterocycles. The summed E-state index contributed by atoms with van der Waals surface area (Å²) in [6, 6.07) is 26.2. The second-order valence-electron chi connectivity index (χ2n) is 15.6. The summed E-state index contributed by atoms with van der Waals surface area (Å²) in [6.45, 7) is 18.5. The summed E-state index contributed by atoms with van der Waals surface area (Å²) in [5, 5.41) is 7.86. The molecule has 0 amide bonds. The van der Waals surface area contributed by atoms with Crippen LogP contribution in [-0.4, -0.2) is 19.3 Å². The van der Waals surface area contributed by atoms with Gasteiger partial charge in [0.2, 0.25) is 0 Å². The number of fused-ring (bicyclic) bond motifs is 3. The van der Waals surface area contributed by atoms with E-state index in [9.17, 15) is 0 Å². The highest BCUT2D eigenvalue weighted by molar-refractivity contribution is 6.09. The van der Waals surface area contributed by atoms with Crippen molar-refractivity contribution >= 4 is 21.8 Å². The summed E-state index contributed by atoms with van der Waals surface area (Å²) in [5.74, 6) is 4.52. The third-order valence-corrected chi connectivity index (χ3v) is 11.0. The minimum Gasteiger partial charge on any atom is -0.457 e. The molecular formula is C47H56N4O. The van der Waals surface area contributed by atoms with Gasteiger partial charge in [0.05, 0.1) is 22.4 Å². The molecule has 3 aromatic carbocycles. The van der Waals surface area contributed by atoms with Crippen LogP contribution in [0, 0.1) is 11.8 Å². The van der Waals surface area contributed by atoms with Crippen LogP contribution in [-0.2, 0) is 19.3 Å². The molecule has 5 heteroatoms. The molecule has 0 bridgehead atoms. The summed E-state index contributed by atoms with van der Waals surface area (Å²) < 4.78 is 11.4. The monoisotopic (exact) mass is 692 g/mol. The summed E-state index contributed by atoms with van der Waals surface area (Å²) >= 11 is 0. The number of rotatable bonds is 12. The minimum atomic E-state index is 0.332. The van der Waals surface area contributed by atoms with Crippen LogP contribution in [0.5, 0.6) is 11.5 Å². The lowest BCUT2D eigenvalue weighted by Gasteiger charge is -2.33. The Morgan fingerprint density at radius 2 is 1.58 bits per heavy atom. The fraction of sp³-hybridized carbons (Fsp3) is 0.404. The number of aromatic nitrogens is 4. The molecule has 0 fully saturated rings. The van der Waals surface area contributed by atoms with Crippen LogP contribution in [0.3, 0.4) is 0 Å². The third kappa shape index (κ3) is 6.83. The average Bonchev–Trinajstić information content (AvgIpc) is 3.63. The van der Waals surface area contributed by atoms with E-state index in [0.29, 0.717) is 23.7 Å². The van der Waals surface area contributed by atoms with Crippen molar-refractivity contribution in [2.75, 3.05) is 0 Å². The predicted octanol–water partition coefficient (Wildman–Crippen LogP) is 12.8. The van der Waals surface area contributed by atoms with Crippen molar-refractivity contribution in [2.45, 2.75) is 112 Å². The molecule has 270 valence electrons. The van der Waals surface area contributed by atoms with Gasteiger partial charge in [0.15, 0.2) is 0 Å². The van der Waals surface area contributed by atoms with Gasteiger partial charge in [-0.2, -0.15) is 5.10 Å². The molecule has 1 aliphatic rings. The van der Waals surface area contributed by atoms with Crippen molar-refractivity contribution in [3.05, 3.63) is 119 Å². The van der Waals surface area contributed by atoms with Gasteiger partial charge in [0, 0.05) is 46.3 Å². The quantitative estimate of drug-likeness (QED) is 0.120. The van der Waals surface area contributed by atoms with E-state index in [1.165, 1.54) is 50.8 Å². The molecule has 0 N–H and O–H groups in total. The number of allylic oxidation sites excluding steroid dienone is 2. The van der Waals surface area contributed by atoms with Crippen LogP contribution in [0.2, 0.25) is 0 Å². The SMILES string of the molecule is CCCc1ccnc(-n2c3ccccc3c3ccc(Oc4cc(C(C)C)cc(-n5nc(CCC)c(C6C(C)=C[C@H](C)C[C@@H]6C)c5CCC)c4)cc32)c1. The van der Waals surface area contributed by atoms with Crippen LogP contribution in [0.4, 0.5) is 0 Å². The Labute approximate surface area is 310 Å². The Bertz CT molecular complexity index is 2230. The predicted molar refractivity (Wildman–Crippen MR) is 218 cm³/mol. The molecule has 7 rings (SSSR count). The summed E-state index contributed by atoms with van der Waals surface area (Å²) in [7, 11) is 0. The van der Waals surface area contributed by atoms with Gasteiger partial charge in [-0.3, -0.25) is 4.57 Å². The van der Waals surface area contributed by atoms with Gasteiger partial charge < -0.3 is 4.74 Å². The zero-order valence-electron chi connectivity index (χ0n) is 32.5. The van der Waals surface area contributed by atoms with Gasteiger partial charge >= 0.3 is 0 Å². The van der Waals surface area contributed by atoms with Crippen LogP contribution >= 0.6 is 0 Å². The first-order chi connectivity index (χ1) is 25.2. The van der Waals surface area contributed by atoms with Crippen molar-refractivity contribution in [3.63, 3.8) is 0 Å². The van der Waals surface area contributed by atoms with E-state index in [2.05, 4.69) is 144 Å². The van der Waals surface area contributed by atoms with E-state index in [1.54, 1.807) is 0 Å². The number of pyridine rings is 1. The molecule has 1 aliphatic carbocycles. The second kappa shape index (κ2) is 15.1. The van der Waals surface area contributed by atoms with Gasteiger partial charge in [-0.15, -0.1) is 0 Å². The maximum atomic E-state index is 6.85. The van der Waals surface area contributed by atoms with Gasteiger partial charge in [-0.25, -0.2) is 9.67 Å². The molecule has 0 radical (unpaired) electrons. The van der Waals surface area contributed by atoms with Crippen molar-refractivity contribution in [3.8, 4) is 23.0 Å². The molecule has 1 unspecified atom stereocenters. The Balaban J connectivity index is 1.35. The van der Waals surface area contributed by atoms with Crippen molar-refractivity contribution in [1.29, 1.82) is 0 Å². The summed E-state index contributed by atoms with van der Waals surface area (Å²) in [4.78, 5) is 4.86. The second-order valence-corrected chi connectivity index (χ2v) is 15.6. The molecule has 0 saturated heterocycles. The number of benzene rings is 3. The highest BCUT2D eigenvalue weighted by Crippen LogP contribution is 2.44. The number of nitrogens with zero attached hydrogens (tertiary/aromatic N) is 4. The Morgan fingerprint density at radius 3 is 2.33 bits per heavy atom.